The summed E-state index contributed by atoms with van der Waals surface area (Å²) in [6.45, 7) is 2.95. The molecule has 8 heteroatoms. The van der Waals surface area contributed by atoms with Gasteiger partial charge in [-0.05, 0) is 31.2 Å². The standard InChI is InChI=1S/C18H16N2O6/c1-3-17(22)19-14-9-8-12(10-15(14)20(24)25)18(23)26-16-7-5-4-6-13(16)11(2)21/h4-10H,3H2,1-2H3,(H,19,22). The molecule has 0 saturated heterocycles. The van der Waals surface area contributed by atoms with Gasteiger partial charge in [-0.15, -0.1) is 0 Å². The van der Waals surface area contributed by atoms with Gasteiger partial charge < -0.3 is 10.1 Å². The molecule has 8 nitrogen and oxygen atoms in total. The van der Waals surface area contributed by atoms with Crippen LogP contribution in [0.2, 0.25) is 0 Å². The number of rotatable bonds is 6. The van der Waals surface area contributed by atoms with E-state index < -0.39 is 16.6 Å². The minimum atomic E-state index is -0.852. The van der Waals surface area contributed by atoms with Crippen LogP contribution in [0.25, 0.3) is 0 Å². The molecule has 2 rings (SSSR count). The zero-order valence-electron chi connectivity index (χ0n) is 14.1. The van der Waals surface area contributed by atoms with Crippen LogP contribution in [0, 0.1) is 10.1 Å². The molecule has 0 aliphatic heterocycles. The highest BCUT2D eigenvalue weighted by atomic mass is 16.6. The Kier molecular flexibility index (Phi) is 5.79. The molecule has 26 heavy (non-hydrogen) atoms. The highest BCUT2D eigenvalue weighted by Crippen LogP contribution is 2.27. The van der Waals surface area contributed by atoms with Crippen molar-refractivity contribution >= 4 is 29.0 Å². The first kappa shape index (κ1) is 18.8. The Hall–Kier alpha value is -3.55. The van der Waals surface area contributed by atoms with Crippen molar-refractivity contribution in [3.63, 3.8) is 0 Å². The lowest BCUT2D eigenvalue weighted by molar-refractivity contribution is -0.384. The van der Waals surface area contributed by atoms with Gasteiger partial charge >= 0.3 is 5.97 Å². The van der Waals surface area contributed by atoms with Crippen LogP contribution in [0.4, 0.5) is 11.4 Å². The first-order valence-electron chi connectivity index (χ1n) is 7.74. The normalized spacial score (nSPS) is 10.1. The average Bonchev–Trinajstić information content (AvgIpc) is 2.61. The van der Waals surface area contributed by atoms with Crippen LogP contribution in [0.15, 0.2) is 42.5 Å². The molecule has 2 aromatic rings. The Bertz CT molecular complexity index is 891. The van der Waals surface area contributed by atoms with Gasteiger partial charge in [0, 0.05) is 12.5 Å². The second kappa shape index (κ2) is 8.02. The number of carbonyl (C=O) groups is 3. The number of esters is 1. The van der Waals surface area contributed by atoms with Gasteiger partial charge in [-0.25, -0.2) is 4.79 Å². The summed E-state index contributed by atoms with van der Waals surface area (Å²) in [5.41, 5.74) is -0.296. The van der Waals surface area contributed by atoms with Crippen LogP contribution in [0.3, 0.4) is 0 Å². The van der Waals surface area contributed by atoms with E-state index in [-0.39, 0.29) is 40.7 Å². The number of ketones is 1. The number of para-hydroxylation sites is 1. The number of Topliss-reactive ketones (excluding diaryl/α,β-unsaturated/α-hetero) is 1. The maximum Gasteiger partial charge on any atom is 0.343 e. The highest BCUT2D eigenvalue weighted by Gasteiger charge is 2.21. The lowest BCUT2D eigenvalue weighted by atomic mass is 10.1. The molecule has 0 heterocycles. The molecule has 0 fully saturated rings. The van der Waals surface area contributed by atoms with Crippen molar-refractivity contribution in [1.82, 2.24) is 0 Å². The van der Waals surface area contributed by atoms with Gasteiger partial charge in [-0.3, -0.25) is 19.7 Å². The number of hydrogen-bond acceptors (Lipinski definition) is 6. The lowest BCUT2D eigenvalue weighted by Gasteiger charge is -2.09. The zero-order chi connectivity index (χ0) is 19.3. The van der Waals surface area contributed by atoms with E-state index in [0.717, 1.165) is 6.07 Å². The molecular formula is C18H16N2O6. The molecule has 0 saturated carbocycles. The number of hydrogen-bond donors (Lipinski definition) is 1. The number of nitro benzene ring substituents is 1. The Morgan fingerprint density at radius 3 is 2.46 bits per heavy atom. The molecule has 0 unspecified atom stereocenters. The highest BCUT2D eigenvalue weighted by molar-refractivity contribution is 6.00. The monoisotopic (exact) mass is 356 g/mol. The van der Waals surface area contributed by atoms with Gasteiger partial charge in [0.1, 0.15) is 11.4 Å². The summed E-state index contributed by atoms with van der Waals surface area (Å²) < 4.78 is 5.20. The second-order valence-corrected chi connectivity index (χ2v) is 5.33. The largest absolute Gasteiger partial charge is 0.422 e. The van der Waals surface area contributed by atoms with E-state index in [1.807, 2.05) is 0 Å². The Morgan fingerprint density at radius 1 is 1.15 bits per heavy atom. The Labute approximate surface area is 148 Å². The van der Waals surface area contributed by atoms with Gasteiger partial charge in [0.2, 0.25) is 5.91 Å². The van der Waals surface area contributed by atoms with Crippen molar-refractivity contribution in [1.29, 1.82) is 0 Å². The molecular weight excluding hydrogens is 340 g/mol. The van der Waals surface area contributed by atoms with Crippen LogP contribution in [-0.2, 0) is 4.79 Å². The summed E-state index contributed by atoms with van der Waals surface area (Å²) in [6.07, 6.45) is 0.156. The molecule has 1 amide bonds. The summed E-state index contributed by atoms with van der Waals surface area (Å²) in [5.74, 6) is -1.46. The molecule has 0 bridgehead atoms. The van der Waals surface area contributed by atoms with Gasteiger partial charge in [0.25, 0.3) is 5.69 Å². The van der Waals surface area contributed by atoms with E-state index in [9.17, 15) is 24.5 Å². The smallest absolute Gasteiger partial charge is 0.343 e. The number of amides is 1. The molecule has 0 aliphatic rings. The number of nitrogens with one attached hydrogen (secondary N) is 1. The van der Waals surface area contributed by atoms with Crippen LogP contribution in [-0.4, -0.2) is 22.6 Å². The minimum Gasteiger partial charge on any atom is -0.422 e. The first-order chi connectivity index (χ1) is 12.3. The molecule has 1 N–H and O–H groups in total. The van der Waals surface area contributed by atoms with E-state index in [4.69, 9.17) is 4.74 Å². The number of anilines is 1. The number of ether oxygens (including phenoxy) is 1. The van der Waals surface area contributed by atoms with Crippen molar-refractivity contribution < 1.29 is 24.0 Å². The maximum absolute atomic E-state index is 12.3. The Balaban J connectivity index is 2.33. The van der Waals surface area contributed by atoms with Crippen LogP contribution >= 0.6 is 0 Å². The van der Waals surface area contributed by atoms with Crippen molar-refractivity contribution in [3.8, 4) is 5.75 Å². The third kappa shape index (κ3) is 4.29. The second-order valence-electron chi connectivity index (χ2n) is 5.33. The molecule has 0 spiro atoms. The number of benzene rings is 2. The summed E-state index contributed by atoms with van der Waals surface area (Å²) >= 11 is 0. The third-order valence-corrected chi connectivity index (χ3v) is 3.49. The third-order valence-electron chi connectivity index (χ3n) is 3.49. The van der Waals surface area contributed by atoms with E-state index in [2.05, 4.69) is 5.32 Å². The van der Waals surface area contributed by atoms with Gasteiger partial charge in [-0.1, -0.05) is 19.1 Å². The van der Waals surface area contributed by atoms with E-state index in [1.165, 1.54) is 31.2 Å². The van der Waals surface area contributed by atoms with Crippen molar-refractivity contribution in [2.45, 2.75) is 20.3 Å². The van der Waals surface area contributed by atoms with Crippen molar-refractivity contribution in [3.05, 3.63) is 63.7 Å². The minimum absolute atomic E-state index is 0.0115. The lowest BCUT2D eigenvalue weighted by Crippen LogP contribution is -2.14. The fourth-order valence-electron chi connectivity index (χ4n) is 2.16. The topological polar surface area (TPSA) is 116 Å². The first-order valence-corrected chi connectivity index (χ1v) is 7.74. The zero-order valence-corrected chi connectivity index (χ0v) is 14.1. The summed E-state index contributed by atoms with van der Waals surface area (Å²) in [4.78, 5) is 45.9. The van der Waals surface area contributed by atoms with Crippen LogP contribution < -0.4 is 10.1 Å². The molecule has 0 aromatic heterocycles. The predicted molar refractivity (Wildman–Crippen MR) is 93.4 cm³/mol. The molecule has 0 atom stereocenters. The fourth-order valence-corrected chi connectivity index (χ4v) is 2.16. The number of carbonyl (C=O) groups excluding carboxylic acids is 3. The van der Waals surface area contributed by atoms with Crippen molar-refractivity contribution in [2.24, 2.45) is 0 Å². The van der Waals surface area contributed by atoms with E-state index in [0.29, 0.717) is 0 Å². The summed E-state index contributed by atoms with van der Waals surface area (Å²) in [5, 5.41) is 13.6. The van der Waals surface area contributed by atoms with Crippen LogP contribution in [0.5, 0.6) is 5.75 Å². The maximum atomic E-state index is 12.3. The van der Waals surface area contributed by atoms with Gasteiger partial charge in [0.05, 0.1) is 16.1 Å². The fraction of sp³-hybridized carbons (Fsp3) is 0.167. The molecule has 0 radical (unpaired) electrons. The van der Waals surface area contributed by atoms with Gasteiger partial charge in [0.15, 0.2) is 5.78 Å². The summed E-state index contributed by atoms with van der Waals surface area (Å²) in [7, 11) is 0. The SMILES string of the molecule is CCC(=O)Nc1ccc(C(=O)Oc2ccccc2C(C)=O)cc1[N+](=O)[O-]. The summed E-state index contributed by atoms with van der Waals surface area (Å²) in [6, 6.07) is 9.78. The Morgan fingerprint density at radius 2 is 1.85 bits per heavy atom. The van der Waals surface area contributed by atoms with Crippen molar-refractivity contribution in [2.75, 3.05) is 5.32 Å². The number of nitro groups is 1. The quantitative estimate of drug-likeness (QED) is 0.279. The predicted octanol–water partition coefficient (Wildman–Crippen LogP) is 3.37. The molecule has 2 aromatic carbocycles. The van der Waals surface area contributed by atoms with E-state index >= 15 is 0 Å². The van der Waals surface area contributed by atoms with E-state index in [1.54, 1.807) is 19.1 Å². The average molecular weight is 356 g/mol. The molecule has 0 aliphatic carbocycles. The van der Waals surface area contributed by atoms with Gasteiger partial charge in [-0.2, -0.15) is 0 Å². The van der Waals surface area contributed by atoms with Crippen LogP contribution in [0.1, 0.15) is 41.0 Å². The molecule has 134 valence electrons. The number of nitrogens with zero attached hydrogens (tertiary/aromatic N) is 1.